The number of carboxylic acids is 1. The predicted molar refractivity (Wildman–Crippen MR) is 28.2 cm³/mol. The van der Waals surface area contributed by atoms with Crippen LogP contribution in [0.25, 0.3) is 0 Å². The van der Waals surface area contributed by atoms with E-state index in [1.54, 1.807) is 13.8 Å². The van der Waals surface area contributed by atoms with Gasteiger partial charge in [0.15, 0.2) is 0 Å². The Morgan fingerprint density at radius 2 is 1.71 bits per heavy atom. The maximum atomic E-state index is 9.70. The Bertz CT molecular complexity index is 60.7. The van der Waals surface area contributed by atoms with E-state index in [9.17, 15) is 4.79 Å². The zero-order valence-corrected chi connectivity index (χ0v) is 6.85. The number of hydrogen-bond acceptors (Lipinski definition) is 1. The fraction of sp³-hybridized carbons (Fsp3) is 0.750. The monoisotopic (exact) mass is 128 g/mol. The van der Waals surface area contributed by atoms with Crippen LogP contribution in [0.15, 0.2) is 0 Å². The van der Waals surface area contributed by atoms with Gasteiger partial charge in [0.05, 0.1) is 5.92 Å². The summed E-state index contributed by atoms with van der Waals surface area (Å²) in [5.74, 6) is -0.972. The fourth-order valence-corrected chi connectivity index (χ4v) is 0. The Kier molecular flexibility index (Phi) is 7.43. The van der Waals surface area contributed by atoms with Gasteiger partial charge in [0.1, 0.15) is 0 Å². The van der Waals surface area contributed by atoms with E-state index in [0.29, 0.717) is 0 Å². The van der Waals surface area contributed by atoms with Crippen molar-refractivity contribution in [3.63, 3.8) is 0 Å². The number of carbonyl (C=O) groups is 1. The summed E-state index contributed by atoms with van der Waals surface area (Å²) in [5.41, 5.74) is 0. The molecule has 0 aliphatic heterocycles. The van der Waals surface area contributed by atoms with Crippen LogP contribution in [0.5, 0.6) is 0 Å². The molecule has 1 N–H and O–H groups in total. The van der Waals surface area contributed by atoms with Gasteiger partial charge in [0, 0.05) is 37.7 Å². The molecular formula is C4H8CaO2. The molecule has 0 aromatic heterocycles. The van der Waals surface area contributed by atoms with Gasteiger partial charge in [0.25, 0.3) is 0 Å². The molecule has 0 amide bonds. The van der Waals surface area contributed by atoms with Gasteiger partial charge in [-0.3, -0.25) is 4.79 Å². The minimum Gasteiger partial charge on any atom is -0.481 e. The van der Waals surface area contributed by atoms with E-state index < -0.39 is 5.97 Å². The quantitative estimate of drug-likeness (QED) is 0.517. The average molecular weight is 128 g/mol. The molecule has 0 saturated carbocycles. The van der Waals surface area contributed by atoms with E-state index >= 15 is 0 Å². The smallest absolute Gasteiger partial charge is 0.305 e. The summed E-state index contributed by atoms with van der Waals surface area (Å²) >= 11 is 0. The van der Waals surface area contributed by atoms with Crippen molar-refractivity contribution in [1.29, 1.82) is 0 Å². The molecular weight excluding hydrogens is 120 g/mol. The van der Waals surface area contributed by atoms with Crippen LogP contribution in [0.4, 0.5) is 0 Å². The first-order valence-electron chi connectivity index (χ1n) is 1.87. The standard InChI is InChI=1S/C4H8O2.Ca/c1-3(2)4(5)6;/h3H,1-2H3,(H,5,6);. The molecule has 0 aromatic carbocycles. The molecule has 0 rings (SSSR count). The van der Waals surface area contributed by atoms with E-state index in [0.717, 1.165) is 0 Å². The fourth-order valence-electron chi connectivity index (χ4n) is 0. The van der Waals surface area contributed by atoms with Gasteiger partial charge in [-0.2, -0.15) is 0 Å². The van der Waals surface area contributed by atoms with Crippen LogP contribution in [0.2, 0.25) is 0 Å². The topological polar surface area (TPSA) is 37.3 Å². The van der Waals surface area contributed by atoms with Crippen molar-refractivity contribution >= 4 is 43.7 Å². The second-order valence-corrected chi connectivity index (χ2v) is 1.49. The van der Waals surface area contributed by atoms with Gasteiger partial charge >= 0.3 is 5.97 Å². The van der Waals surface area contributed by atoms with E-state index in [1.807, 2.05) is 0 Å². The normalized spacial score (nSPS) is 7.86. The molecule has 0 spiro atoms. The summed E-state index contributed by atoms with van der Waals surface area (Å²) in [5, 5.41) is 7.99. The summed E-state index contributed by atoms with van der Waals surface area (Å²) < 4.78 is 0. The zero-order chi connectivity index (χ0) is 5.15. The van der Waals surface area contributed by atoms with Gasteiger partial charge in [-0.1, -0.05) is 13.8 Å². The van der Waals surface area contributed by atoms with Crippen LogP contribution >= 0.6 is 0 Å². The van der Waals surface area contributed by atoms with E-state index in [4.69, 9.17) is 5.11 Å². The third-order valence-corrected chi connectivity index (χ3v) is 0.494. The molecule has 2 radical (unpaired) electrons. The number of carboxylic acid groups (broad SMARTS) is 1. The average Bonchev–Trinajstić information content (AvgIpc) is 1.36. The van der Waals surface area contributed by atoms with E-state index in [2.05, 4.69) is 0 Å². The SMILES string of the molecule is CC(C)C(=O)O.[Ca]. The van der Waals surface area contributed by atoms with Crippen molar-refractivity contribution in [3.8, 4) is 0 Å². The molecule has 0 unspecified atom stereocenters. The minimum atomic E-state index is -0.741. The molecule has 0 fully saturated rings. The van der Waals surface area contributed by atoms with Crippen molar-refractivity contribution in [2.45, 2.75) is 13.8 Å². The minimum absolute atomic E-state index is 0. The van der Waals surface area contributed by atoms with Crippen molar-refractivity contribution in [1.82, 2.24) is 0 Å². The molecule has 3 heteroatoms. The largest absolute Gasteiger partial charge is 0.481 e. The summed E-state index contributed by atoms with van der Waals surface area (Å²) in [4.78, 5) is 9.70. The third-order valence-electron chi connectivity index (χ3n) is 0.494. The maximum Gasteiger partial charge on any atom is 0.305 e. The Morgan fingerprint density at radius 1 is 1.57 bits per heavy atom. The zero-order valence-electron chi connectivity index (χ0n) is 4.64. The molecule has 0 aromatic rings. The molecule has 0 atom stereocenters. The van der Waals surface area contributed by atoms with Gasteiger partial charge in [-0.05, 0) is 0 Å². The molecule has 38 valence electrons. The first-order valence-corrected chi connectivity index (χ1v) is 1.87. The van der Waals surface area contributed by atoms with Gasteiger partial charge in [-0.25, -0.2) is 0 Å². The van der Waals surface area contributed by atoms with Crippen molar-refractivity contribution in [2.75, 3.05) is 0 Å². The van der Waals surface area contributed by atoms with Crippen LogP contribution in [0.3, 0.4) is 0 Å². The number of hydrogen-bond donors (Lipinski definition) is 1. The molecule has 0 bridgehead atoms. The van der Waals surface area contributed by atoms with Gasteiger partial charge in [0.2, 0.25) is 0 Å². The first-order chi connectivity index (χ1) is 2.64. The van der Waals surface area contributed by atoms with Crippen molar-refractivity contribution < 1.29 is 9.90 Å². The summed E-state index contributed by atoms with van der Waals surface area (Å²) in [6.07, 6.45) is 0. The Morgan fingerprint density at radius 3 is 1.71 bits per heavy atom. The predicted octanol–water partition coefficient (Wildman–Crippen LogP) is 0.346. The van der Waals surface area contributed by atoms with Crippen LogP contribution in [0.1, 0.15) is 13.8 Å². The van der Waals surface area contributed by atoms with Gasteiger partial charge in [-0.15, -0.1) is 0 Å². The summed E-state index contributed by atoms with van der Waals surface area (Å²) in [7, 11) is 0. The molecule has 7 heavy (non-hydrogen) atoms. The second kappa shape index (κ2) is 4.88. The van der Waals surface area contributed by atoms with Crippen molar-refractivity contribution in [2.24, 2.45) is 5.92 Å². The number of aliphatic carboxylic acids is 1. The van der Waals surface area contributed by atoms with Crippen LogP contribution in [-0.4, -0.2) is 48.8 Å². The molecule has 0 aliphatic carbocycles. The van der Waals surface area contributed by atoms with Gasteiger partial charge < -0.3 is 5.11 Å². The second-order valence-electron chi connectivity index (χ2n) is 1.49. The van der Waals surface area contributed by atoms with Crippen molar-refractivity contribution in [3.05, 3.63) is 0 Å². The Labute approximate surface area is 72.9 Å². The molecule has 0 saturated heterocycles. The molecule has 2 nitrogen and oxygen atoms in total. The molecule has 0 aliphatic rings. The molecule has 0 heterocycles. The number of rotatable bonds is 1. The van der Waals surface area contributed by atoms with E-state index in [-0.39, 0.29) is 43.7 Å². The maximum absolute atomic E-state index is 9.70. The Balaban J connectivity index is 0. The summed E-state index contributed by atoms with van der Waals surface area (Å²) in [6.45, 7) is 3.28. The summed E-state index contributed by atoms with van der Waals surface area (Å²) in [6, 6.07) is 0. The van der Waals surface area contributed by atoms with Crippen LogP contribution < -0.4 is 0 Å². The van der Waals surface area contributed by atoms with E-state index in [1.165, 1.54) is 0 Å². The third kappa shape index (κ3) is 6.73. The van der Waals surface area contributed by atoms with Crippen LogP contribution in [0, 0.1) is 5.92 Å². The Hall–Kier alpha value is 0.730. The first kappa shape index (κ1) is 10.7. The van der Waals surface area contributed by atoms with Crippen LogP contribution in [-0.2, 0) is 4.79 Å².